The van der Waals surface area contributed by atoms with Gasteiger partial charge in [-0.05, 0) is 13.3 Å². The van der Waals surface area contributed by atoms with Crippen LogP contribution in [0.2, 0.25) is 0 Å². The van der Waals surface area contributed by atoms with Crippen LogP contribution in [0.1, 0.15) is 33.6 Å². The highest BCUT2D eigenvalue weighted by Gasteiger charge is 2.41. The standard InChI is InChI=1S/C10H21NO/c1-5-10(12)6-9(3)11(4)7-8(10)2/h8-9,12H,5-7H2,1-4H3/p+1. The maximum Gasteiger partial charge on any atom is 0.0872 e. The Labute approximate surface area is 75.6 Å². The predicted octanol–water partition coefficient (Wildman–Crippen LogP) is 0.0705. The summed E-state index contributed by atoms with van der Waals surface area (Å²) in [5, 5.41) is 10.2. The Morgan fingerprint density at radius 2 is 2.08 bits per heavy atom. The molecule has 4 atom stereocenters. The van der Waals surface area contributed by atoms with Crippen molar-refractivity contribution >= 4 is 0 Å². The van der Waals surface area contributed by atoms with Crippen molar-refractivity contribution in [2.75, 3.05) is 13.6 Å². The Kier molecular flexibility index (Phi) is 2.79. The molecule has 0 saturated carbocycles. The highest BCUT2D eigenvalue weighted by molar-refractivity contribution is 4.86. The van der Waals surface area contributed by atoms with Crippen molar-refractivity contribution in [2.45, 2.75) is 45.3 Å². The van der Waals surface area contributed by atoms with Crippen LogP contribution in [0.3, 0.4) is 0 Å². The zero-order valence-corrected chi connectivity index (χ0v) is 8.72. The van der Waals surface area contributed by atoms with E-state index in [0.29, 0.717) is 12.0 Å². The van der Waals surface area contributed by atoms with Crippen molar-refractivity contribution < 1.29 is 10.0 Å². The van der Waals surface area contributed by atoms with Gasteiger partial charge in [-0.25, -0.2) is 0 Å². The van der Waals surface area contributed by atoms with Gasteiger partial charge >= 0.3 is 0 Å². The van der Waals surface area contributed by atoms with E-state index in [4.69, 9.17) is 0 Å². The number of hydrogen-bond donors (Lipinski definition) is 2. The van der Waals surface area contributed by atoms with Crippen LogP contribution < -0.4 is 4.90 Å². The van der Waals surface area contributed by atoms with Gasteiger partial charge in [-0.2, -0.15) is 0 Å². The molecule has 1 saturated heterocycles. The fourth-order valence-electron chi connectivity index (χ4n) is 2.27. The lowest BCUT2D eigenvalue weighted by atomic mass is 9.77. The SMILES string of the molecule is CCC1(O)CC(C)[NH+](C)CC1C. The third-order valence-corrected chi connectivity index (χ3v) is 3.66. The third-order valence-electron chi connectivity index (χ3n) is 3.66. The molecule has 2 N–H and O–H groups in total. The van der Waals surface area contributed by atoms with E-state index < -0.39 is 0 Å². The van der Waals surface area contributed by atoms with Gasteiger partial charge in [0.25, 0.3) is 0 Å². The molecule has 1 fully saturated rings. The van der Waals surface area contributed by atoms with Crippen LogP contribution in [0.5, 0.6) is 0 Å². The number of nitrogens with one attached hydrogen (secondary N) is 1. The van der Waals surface area contributed by atoms with E-state index >= 15 is 0 Å². The maximum atomic E-state index is 10.2. The first-order valence-corrected chi connectivity index (χ1v) is 5.04. The van der Waals surface area contributed by atoms with Crippen molar-refractivity contribution in [3.63, 3.8) is 0 Å². The molecule has 2 nitrogen and oxygen atoms in total. The predicted molar refractivity (Wildman–Crippen MR) is 50.2 cm³/mol. The maximum absolute atomic E-state index is 10.2. The lowest BCUT2D eigenvalue weighted by molar-refractivity contribution is -0.916. The Morgan fingerprint density at radius 3 is 2.58 bits per heavy atom. The van der Waals surface area contributed by atoms with Crippen LogP contribution in [0.15, 0.2) is 0 Å². The fourth-order valence-corrected chi connectivity index (χ4v) is 2.27. The molecule has 0 aliphatic carbocycles. The smallest absolute Gasteiger partial charge is 0.0872 e. The molecular weight excluding hydrogens is 150 g/mol. The fraction of sp³-hybridized carbons (Fsp3) is 1.00. The van der Waals surface area contributed by atoms with Crippen molar-refractivity contribution in [2.24, 2.45) is 5.92 Å². The van der Waals surface area contributed by atoms with Gasteiger partial charge in [-0.15, -0.1) is 0 Å². The summed E-state index contributed by atoms with van der Waals surface area (Å²) >= 11 is 0. The van der Waals surface area contributed by atoms with Gasteiger partial charge in [-0.3, -0.25) is 0 Å². The van der Waals surface area contributed by atoms with E-state index in [1.807, 2.05) is 0 Å². The van der Waals surface area contributed by atoms with Gasteiger partial charge in [0.15, 0.2) is 0 Å². The van der Waals surface area contributed by atoms with E-state index in [1.165, 1.54) is 0 Å². The normalized spacial score (nSPS) is 49.2. The van der Waals surface area contributed by atoms with Crippen LogP contribution in [0.25, 0.3) is 0 Å². The van der Waals surface area contributed by atoms with E-state index in [0.717, 1.165) is 19.4 Å². The van der Waals surface area contributed by atoms with Gasteiger partial charge in [0.1, 0.15) is 0 Å². The van der Waals surface area contributed by atoms with Gasteiger partial charge < -0.3 is 10.0 Å². The summed E-state index contributed by atoms with van der Waals surface area (Å²) in [6.45, 7) is 7.58. The molecular formula is C10H22NO+. The van der Waals surface area contributed by atoms with Crippen LogP contribution in [-0.2, 0) is 0 Å². The van der Waals surface area contributed by atoms with Crippen LogP contribution >= 0.6 is 0 Å². The minimum atomic E-state index is -0.390. The molecule has 0 amide bonds. The Balaban J connectivity index is 2.67. The number of piperidine rings is 1. The Bertz CT molecular complexity index is 160. The summed E-state index contributed by atoms with van der Waals surface area (Å²) in [5.74, 6) is 0.443. The average molecular weight is 172 g/mol. The second-order valence-corrected chi connectivity index (χ2v) is 4.51. The topological polar surface area (TPSA) is 24.7 Å². The molecule has 1 rings (SSSR count). The molecule has 0 aromatic carbocycles. The van der Waals surface area contributed by atoms with E-state index in [9.17, 15) is 5.11 Å². The van der Waals surface area contributed by atoms with Gasteiger partial charge in [0, 0.05) is 12.3 Å². The summed E-state index contributed by atoms with van der Waals surface area (Å²) in [4.78, 5) is 1.56. The molecule has 72 valence electrons. The van der Waals surface area contributed by atoms with Crippen LogP contribution in [0, 0.1) is 5.92 Å². The Hall–Kier alpha value is -0.0800. The monoisotopic (exact) mass is 172 g/mol. The lowest BCUT2D eigenvalue weighted by Gasteiger charge is -2.42. The first-order chi connectivity index (χ1) is 5.49. The molecule has 12 heavy (non-hydrogen) atoms. The summed E-state index contributed by atoms with van der Waals surface area (Å²) in [5.41, 5.74) is -0.390. The van der Waals surface area contributed by atoms with Gasteiger partial charge in [-0.1, -0.05) is 13.8 Å². The number of quaternary nitrogens is 1. The van der Waals surface area contributed by atoms with E-state index in [-0.39, 0.29) is 5.60 Å². The third kappa shape index (κ3) is 1.64. The van der Waals surface area contributed by atoms with Gasteiger partial charge in [0.2, 0.25) is 0 Å². The summed E-state index contributed by atoms with van der Waals surface area (Å²) in [6.07, 6.45) is 1.85. The van der Waals surface area contributed by atoms with Crippen molar-refractivity contribution in [1.82, 2.24) is 0 Å². The highest BCUT2D eigenvalue weighted by Crippen LogP contribution is 2.27. The van der Waals surface area contributed by atoms with Crippen molar-refractivity contribution in [3.05, 3.63) is 0 Å². The average Bonchev–Trinajstić information content (AvgIpc) is 2.01. The zero-order valence-electron chi connectivity index (χ0n) is 8.72. The van der Waals surface area contributed by atoms with E-state index in [1.54, 1.807) is 4.90 Å². The largest absolute Gasteiger partial charge is 0.389 e. The summed E-state index contributed by atoms with van der Waals surface area (Å²) in [6, 6.07) is 0.603. The number of likely N-dealkylation sites (tertiary alicyclic amines) is 1. The second kappa shape index (κ2) is 3.35. The molecule has 4 unspecified atom stereocenters. The quantitative estimate of drug-likeness (QED) is 0.575. The van der Waals surface area contributed by atoms with Gasteiger partial charge in [0.05, 0.1) is 25.2 Å². The van der Waals surface area contributed by atoms with Crippen LogP contribution in [-0.4, -0.2) is 30.3 Å². The summed E-state index contributed by atoms with van der Waals surface area (Å²) < 4.78 is 0. The lowest BCUT2D eigenvalue weighted by Crippen LogP contribution is -3.15. The van der Waals surface area contributed by atoms with E-state index in [2.05, 4.69) is 27.8 Å². The van der Waals surface area contributed by atoms with Crippen molar-refractivity contribution in [3.8, 4) is 0 Å². The number of hydrogen-bond acceptors (Lipinski definition) is 1. The molecule has 0 radical (unpaired) electrons. The highest BCUT2D eigenvalue weighted by atomic mass is 16.3. The molecule has 0 spiro atoms. The molecule has 0 aromatic rings. The first kappa shape index (κ1) is 10.0. The Morgan fingerprint density at radius 1 is 1.50 bits per heavy atom. The number of aliphatic hydroxyl groups is 1. The molecule has 1 heterocycles. The minimum absolute atomic E-state index is 0.390. The zero-order chi connectivity index (χ0) is 9.35. The number of rotatable bonds is 1. The molecule has 2 heteroatoms. The first-order valence-electron chi connectivity index (χ1n) is 5.04. The molecule has 1 aliphatic rings. The molecule has 0 bridgehead atoms. The second-order valence-electron chi connectivity index (χ2n) is 4.51. The molecule has 1 aliphatic heterocycles. The van der Waals surface area contributed by atoms with Crippen LogP contribution in [0.4, 0.5) is 0 Å². The summed E-state index contributed by atoms with van der Waals surface area (Å²) in [7, 11) is 2.22. The molecule has 0 aromatic heterocycles. The minimum Gasteiger partial charge on any atom is -0.389 e. The van der Waals surface area contributed by atoms with Crippen molar-refractivity contribution in [1.29, 1.82) is 0 Å².